The highest BCUT2D eigenvalue weighted by atomic mass is 32.2. The normalized spacial score (nSPS) is 11.2. The molecular formula is C11H11FN4O4S. The number of carbonyl (C=O) groups is 1. The van der Waals surface area contributed by atoms with Crippen LogP contribution >= 0.6 is 0 Å². The molecule has 0 spiro atoms. The maximum absolute atomic E-state index is 13.3. The number of halogens is 1. The number of aryl methyl sites for hydroxylation is 1. The molecule has 2 aromatic rings. The van der Waals surface area contributed by atoms with Crippen LogP contribution in [0.2, 0.25) is 0 Å². The van der Waals surface area contributed by atoms with Crippen molar-refractivity contribution in [1.82, 2.24) is 15.2 Å². The summed E-state index contributed by atoms with van der Waals surface area (Å²) in [7, 11) is -3.15. The Morgan fingerprint density at radius 3 is 2.71 bits per heavy atom. The summed E-state index contributed by atoms with van der Waals surface area (Å²) in [6.45, 7) is 1.58. The number of anilines is 1. The average molecular weight is 314 g/mol. The molecule has 8 nitrogen and oxygen atoms in total. The Balaban J connectivity index is 2.48. The molecule has 1 aromatic heterocycles. The van der Waals surface area contributed by atoms with Gasteiger partial charge in [-0.2, -0.15) is 4.98 Å². The van der Waals surface area contributed by atoms with Gasteiger partial charge in [0.25, 0.3) is 16.0 Å². The van der Waals surface area contributed by atoms with Gasteiger partial charge in [0.1, 0.15) is 16.5 Å². The molecule has 0 fully saturated rings. The Morgan fingerprint density at radius 1 is 1.43 bits per heavy atom. The van der Waals surface area contributed by atoms with E-state index in [0.717, 1.165) is 19.2 Å². The minimum absolute atomic E-state index is 0.215. The largest absolute Gasteiger partial charge is 0.465 e. The quantitative estimate of drug-likeness (QED) is 0.808. The number of rotatable bonds is 4. The molecule has 21 heavy (non-hydrogen) atoms. The molecule has 1 aromatic carbocycles. The zero-order valence-electron chi connectivity index (χ0n) is 11.0. The summed E-state index contributed by atoms with van der Waals surface area (Å²) < 4.78 is 44.3. The van der Waals surface area contributed by atoms with E-state index in [0.29, 0.717) is 11.9 Å². The molecule has 0 aliphatic heterocycles. The summed E-state index contributed by atoms with van der Waals surface area (Å²) in [4.78, 5) is 14.8. The molecule has 0 saturated carbocycles. The van der Waals surface area contributed by atoms with Gasteiger partial charge in [-0.15, -0.1) is 5.10 Å². The smallest absolute Gasteiger partial charge is 0.339 e. The van der Waals surface area contributed by atoms with Crippen LogP contribution in [-0.4, -0.2) is 36.7 Å². The minimum atomic E-state index is -4.24. The van der Waals surface area contributed by atoms with Crippen LogP contribution in [0.4, 0.5) is 10.3 Å². The molecule has 112 valence electrons. The molecule has 10 heteroatoms. The lowest BCUT2D eigenvalue weighted by atomic mass is 10.2. The number of carbonyl (C=O) groups excluding carboxylic acids is 1. The van der Waals surface area contributed by atoms with Gasteiger partial charge in [-0.25, -0.2) is 22.3 Å². The van der Waals surface area contributed by atoms with E-state index in [1.54, 1.807) is 6.92 Å². The molecule has 0 bridgehead atoms. The van der Waals surface area contributed by atoms with Gasteiger partial charge in [-0.05, 0) is 25.1 Å². The first-order valence-corrected chi connectivity index (χ1v) is 7.11. The Kier molecular flexibility index (Phi) is 3.89. The number of H-pyrrole nitrogens is 1. The van der Waals surface area contributed by atoms with Crippen LogP contribution in [0.3, 0.4) is 0 Å². The van der Waals surface area contributed by atoms with Gasteiger partial charge in [0.05, 0.1) is 12.7 Å². The molecule has 0 aliphatic carbocycles. The first kappa shape index (κ1) is 14.9. The Bertz CT molecular complexity index is 787. The summed E-state index contributed by atoms with van der Waals surface area (Å²) in [6.07, 6.45) is 0. The van der Waals surface area contributed by atoms with Crippen molar-refractivity contribution in [3.8, 4) is 0 Å². The Labute approximate surface area is 119 Å². The van der Waals surface area contributed by atoms with Crippen molar-refractivity contribution < 1.29 is 22.3 Å². The van der Waals surface area contributed by atoms with Crippen molar-refractivity contribution >= 4 is 21.9 Å². The monoisotopic (exact) mass is 314 g/mol. The number of hydrogen-bond acceptors (Lipinski definition) is 6. The fraction of sp³-hybridized carbons (Fsp3) is 0.182. The van der Waals surface area contributed by atoms with E-state index in [1.165, 1.54) is 0 Å². The van der Waals surface area contributed by atoms with Gasteiger partial charge in [-0.1, -0.05) is 0 Å². The summed E-state index contributed by atoms with van der Waals surface area (Å²) in [5.41, 5.74) is -0.293. The number of ether oxygens (including phenoxy) is 1. The summed E-state index contributed by atoms with van der Waals surface area (Å²) in [5.74, 6) is -1.54. The fourth-order valence-corrected chi connectivity index (χ4v) is 2.71. The third-order valence-corrected chi connectivity index (χ3v) is 3.83. The van der Waals surface area contributed by atoms with Crippen LogP contribution in [0.25, 0.3) is 0 Å². The second-order valence-electron chi connectivity index (χ2n) is 3.98. The van der Waals surface area contributed by atoms with Crippen LogP contribution < -0.4 is 4.72 Å². The zero-order valence-corrected chi connectivity index (χ0v) is 11.9. The molecular weight excluding hydrogens is 303 g/mol. The number of esters is 1. The number of sulfonamides is 1. The van der Waals surface area contributed by atoms with Crippen molar-refractivity contribution in [2.45, 2.75) is 11.8 Å². The molecule has 0 saturated heterocycles. The Hall–Kier alpha value is -2.49. The van der Waals surface area contributed by atoms with Crippen LogP contribution in [0.5, 0.6) is 0 Å². The van der Waals surface area contributed by atoms with Gasteiger partial charge in [0, 0.05) is 0 Å². The van der Waals surface area contributed by atoms with Gasteiger partial charge >= 0.3 is 5.97 Å². The number of hydrogen-bond donors (Lipinski definition) is 2. The number of aromatic nitrogens is 3. The lowest BCUT2D eigenvalue weighted by Crippen LogP contribution is -2.18. The SMILES string of the molecule is COC(=O)c1ccc(F)cc1S(=O)(=O)Nc1n[nH]c(C)n1. The second kappa shape index (κ2) is 5.48. The molecule has 0 atom stereocenters. The zero-order chi connectivity index (χ0) is 15.6. The summed E-state index contributed by atoms with van der Waals surface area (Å²) in [5, 5.41) is 6.06. The highest BCUT2D eigenvalue weighted by Gasteiger charge is 2.25. The van der Waals surface area contributed by atoms with Crippen molar-refractivity contribution in [2.24, 2.45) is 0 Å². The minimum Gasteiger partial charge on any atom is -0.465 e. The van der Waals surface area contributed by atoms with Crippen LogP contribution in [0.15, 0.2) is 23.1 Å². The van der Waals surface area contributed by atoms with Crippen molar-refractivity contribution in [3.63, 3.8) is 0 Å². The maximum Gasteiger partial charge on any atom is 0.339 e. The fourth-order valence-electron chi connectivity index (χ4n) is 1.56. The molecule has 2 N–H and O–H groups in total. The predicted octanol–water partition coefficient (Wildman–Crippen LogP) is 0.840. The van der Waals surface area contributed by atoms with Crippen molar-refractivity contribution in [2.75, 3.05) is 11.8 Å². The molecule has 0 aliphatic rings. The van der Waals surface area contributed by atoms with Gasteiger partial charge < -0.3 is 4.74 Å². The van der Waals surface area contributed by atoms with Gasteiger partial charge in [0.2, 0.25) is 0 Å². The van der Waals surface area contributed by atoms with E-state index in [1.807, 2.05) is 4.72 Å². The van der Waals surface area contributed by atoms with E-state index in [-0.39, 0.29) is 11.5 Å². The average Bonchev–Trinajstić information content (AvgIpc) is 2.82. The van der Waals surface area contributed by atoms with Crippen LogP contribution in [0.1, 0.15) is 16.2 Å². The molecule has 1 heterocycles. The third-order valence-electron chi connectivity index (χ3n) is 2.46. The first-order chi connectivity index (χ1) is 9.83. The standard InChI is InChI=1S/C11H11FN4O4S/c1-6-13-11(15-14-6)16-21(18,19)9-5-7(12)3-4-8(9)10(17)20-2/h3-5H,1-2H3,(H2,13,14,15,16). The lowest BCUT2D eigenvalue weighted by molar-refractivity contribution is 0.0596. The van der Waals surface area contributed by atoms with Crippen LogP contribution in [-0.2, 0) is 14.8 Å². The number of aromatic amines is 1. The predicted molar refractivity (Wildman–Crippen MR) is 69.7 cm³/mol. The summed E-state index contributed by atoms with van der Waals surface area (Å²) >= 11 is 0. The topological polar surface area (TPSA) is 114 Å². The molecule has 0 radical (unpaired) electrons. The first-order valence-electron chi connectivity index (χ1n) is 5.63. The van der Waals surface area contributed by atoms with Gasteiger partial charge in [-0.3, -0.25) is 5.10 Å². The number of nitrogens with zero attached hydrogens (tertiary/aromatic N) is 2. The van der Waals surface area contributed by atoms with Crippen molar-refractivity contribution in [3.05, 3.63) is 35.4 Å². The van der Waals surface area contributed by atoms with Crippen molar-refractivity contribution in [1.29, 1.82) is 0 Å². The number of methoxy groups -OCH3 is 1. The number of nitrogens with one attached hydrogen (secondary N) is 2. The van der Waals surface area contributed by atoms with E-state index in [9.17, 15) is 17.6 Å². The van der Waals surface area contributed by atoms with E-state index in [4.69, 9.17) is 0 Å². The molecule has 0 unspecified atom stereocenters. The van der Waals surface area contributed by atoms with E-state index >= 15 is 0 Å². The number of benzene rings is 1. The van der Waals surface area contributed by atoms with E-state index in [2.05, 4.69) is 19.9 Å². The maximum atomic E-state index is 13.3. The Morgan fingerprint density at radius 2 is 2.14 bits per heavy atom. The lowest BCUT2D eigenvalue weighted by Gasteiger charge is -2.09. The van der Waals surface area contributed by atoms with Gasteiger partial charge in [0.15, 0.2) is 0 Å². The molecule has 0 amide bonds. The van der Waals surface area contributed by atoms with E-state index < -0.39 is 26.7 Å². The highest BCUT2D eigenvalue weighted by molar-refractivity contribution is 7.92. The summed E-state index contributed by atoms with van der Waals surface area (Å²) in [6, 6.07) is 2.70. The second-order valence-corrected chi connectivity index (χ2v) is 5.63. The van der Waals surface area contributed by atoms with Crippen LogP contribution in [0, 0.1) is 12.7 Å². The highest BCUT2D eigenvalue weighted by Crippen LogP contribution is 2.20. The third kappa shape index (κ3) is 3.16. The molecule has 2 rings (SSSR count).